The van der Waals surface area contributed by atoms with Crippen LogP contribution in [0, 0.1) is 9.49 Å². The lowest BCUT2D eigenvalue weighted by Crippen LogP contribution is -2.48. The van der Waals surface area contributed by atoms with E-state index in [0.717, 1.165) is 9.99 Å². The highest BCUT2D eigenvalue weighted by molar-refractivity contribution is 14.1. The molecule has 0 saturated carbocycles. The number of carbonyl (C=O) groups is 1. The van der Waals surface area contributed by atoms with Crippen molar-refractivity contribution >= 4 is 28.6 Å². The molecule has 1 aliphatic rings. The minimum Gasteiger partial charge on any atom is -0.426 e. The summed E-state index contributed by atoms with van der Waals surface area (Å²) in [5, 5.41) is 0. The molecule has 1 aliphatic heterocycles. The lowest BCUT2D eigenvalue weighted by molar-refractivity contribution is -0.141. The standard InChI is InChI=1S/C16H22INO2/c1-15(2)10-13(16(3,4)18(15)5)14(19)20-12-8-6-11(17)7-9-12/h6-9,13H,10H2,1-5H3. The summed E-state index contributed by atoms with van der Waals surface area (Å²) in [6, 6.07) is 7.57. The van der Waals surface area contributed by atoms with Crippen molar-refractivity contribution in [2.24, 2.45) is 5.92 Å². The van der Waals surface area contributed by atoms with Crippen molar-refractivity contribution in [2.45, 2.75) is 45.2 Å². The minimum absolute atomic E-state index is 0.0131. The van der Waals surface area contributed by atoms with Crippen LogP contribution in [0.4, 0.5) is 0 Å². The van der Waals surface area contributed by atoms with Gasteiger partial charge < -0.3 is 4.74 Å². The average molecular weight is 387 g/mol. The molecular weight excluding hydrogens is 365 g/mol. The van der Waals surface area contributed by atoms with Crippen LogP contribution in [0.5, 0.6) is 5.75 Å². The maximum Gasteiger partial charge on any atom is 0.316 e. The molecule has 20 heavy (non-hydrogen) atoms. The molecule has 3 nitrogen and oxygen atoms in total. The van der Waals surface area contributed by atoms with E-state index < -0.39 is 0 Å². The van der Waals surface area contributed by atoms with Crippen LogP contribution >= 0.6 is 22.6 Å². The number of hydrogen-bond acceptors (Lipinski definition) is 3. The molecule has 0 radical (unpaired) electrons. The third-order valence-corrected chi connectivity index (χ3v) is 5.36. The smallest absolute Gasteiger partial charge is 0.316 e. The second kappa shape index (κ2) is 5.30. The van der Waals surface area contributed by atoms with Gasteiger partial charge in [-0.2, -0.15) is 0 Å². The van der Waals surface area contributed by atoms with Crippen LogP contribution < -0.4 is 4.74 Å². The van der Waals surface area contributed by atoms with E-state index >= 15 is 0 Å². The molecule has 1 heterocycles. The van der Waals surface area contributed by atoms with Gasteiger partial charge in [0.05, 0.1) is 5.92 Å². The summed E-state index contributed by atoms with van der Waals surface area (Å²) in [6.07, 6.45) is 0.819. The largest absolute Gasteiger partial charge is 0.426 e. The van der Waals surface area contributed by atoms with Crippen LogP contribution in [-0.2, 0) is 4.79 Å². The zero-order valence-corrected chi connectivity index (χ0v) is 14.9. The summed E-state index contributed by atoms with van der Waals surface area (Å²) in [4.78, 5) is 14.8. The number of rotatable bonds is 2. The first-order chi connectivity index (χ1) is 9.14. The van der Waals surface area contributed by atoms with Crippen molar-refractivity contribution in [3.63, 3.8) is 0 Å². The van der Waals surface area contributed by atoms with E-state index in [2.05, 4.69) is 62.2 Å². The monoisotopic (exact) mass is 387 g/mol. The Kier molecular flexibility index (Phi) is 4.17. The van der Waals surface area contributed by atoms with Gasteiger partial charge >= 0.3 is 5.97 Å². The number of benzene rings is 1. The maximum atomic E-state index is 12.5. The van der Waals surface area contributed by atoms with Crippen LogP contribution in [0.1, 0.15) is 34.1 Å². The van der Waals surface area contributed by atoms with Gasteiger partial charge in [-0.05, 0) is 88.0 Å². The first-order valence-electron chi connectivity index (χ1n) is 6.86. The highest BCUT2D eigenvalue weighted by Crippen LogP contribution is 2.44. The van der Waals surface area contributed by atoms with Crippen LogP contribution in [0.25, 0.3) is 0 Å². The van der Waals surface area contributed by atoms with E-state index in [-0.39, 0.29) is 23.0 Å². The number of nitrogens with zero attached hydrogens (tertiary/aromatic N) is 1. The van der Waals surface area contributed by atoms with Gasteiger partial charge in [0, 0.05) is 14.6 Å². The Morgan fingerprint density at radius 3 is 2.25 bits per heavy atom. The molecule has 0 N–H and O–H groups in total. The van der Waals surface area contributed by atoms with Crippen molar-refractivity contribution in [3.8, 4) is 5.75 Å². The van der Waals surface area contributed by atoms with Crippen molar-refractivity contribution in [1.82, 2.24) is 4.90 Å². The van der Waals surface area contributed by atoms with E-state index in [1.807, 2.05) is 24.3 Å². The molecule has 110 valence electrons. The van der Waals surface area contributed by atoms with Crippen LogP contribution in [0.2, 0.25) is 0 Å². The second-order valence-corrected chi connectivity index (χ2v) is 7.90. The van der Waals surface area contributed by atoms with E-state index in [1.165, 1.54) is 0 Å². The fraction of sp³-hybridized carbons (Fsp3) is 0.562. The summed E-state index contributed by atoms with van der Waals surface area (Å²) >= 11 is 2.23. The predicted octanol–water partition coefficient (Wildman–Crippen LogP) is 3.71. The molecular formula is C16H22INO2. The molecule has 4 heteroatoms. The van der Waals surface area contributed by atoms with Crippen LogP contribution in [0.15, 0.2) is 24.3 Å². The lowest BCUT2D eigenvalue weighted by Gasteiger charge is -2.37. The first-order valence-corrected chi connectivity index (χ1v) is 7.94. The normalized spacial score (nSPS) is 24.6. The SMILES string of the molecule is CN1C(C)(C)CC(C(=O)Oc2ccc(I)cc2)C1(C)C. The Labute approximate surface area is 134 Å². The number of carbonyl (C=O) groups excluding carboxylic acids is 1. The van der Waals surface area contributed by atoms with Gasteiger partial charge in [-0.15, -0.1) is 0 Å². The Morgan fingerprint density at radius 1 is 1.25 bits per heavy atom. The van der Waals surface area contributed by atoms with E-state index in [4.69, 9.17) is 4.74 Å². The number of esters is 1. The zero-order valence-electron chi connectivity index (χ0n) is 12.7. The topological polar surface area (TPSA) is 29.5 Å². The molecule has 0 amide bonds. The molecule has 0 bridgehead atoms. The summed E-state index contributed by atoms with van der Waals surface area (Å²) in [5.74, 6) is 0.383. The highest BCUT2D eigenvalue weighted by Gasteiger charge is 2.53. The molecule has 1 aromatic rings. The van der Waals surface area contributed by atoms with Gasteiger partial charge in [0.15, 0.2) is 0 Å². The van der Waals surface area contributed by atoms with Gasteiger partial charge in [0.2, 0.25) is 0 Å². The molecule has 1 unspecified atom stereocenters. The van der Waals surface area contributed by atoms with E-state index in [1.54, 1.807) is 0 Å². The fourth-order valence-electron chi connectivity index (χ4n) is 2.96. The summed E-state index contributed by atoms with van der Waals surface area (Å²) < 4.78 is 6.69. The molecule has 0 aliphatic carbocycles. The number of halogens is 1. The third-order valence-electron chi connectivity index (χ3n) is 4.65. The van der Waals surface area contributed by atoms with Crippen LogP contribution in [0.3, 0.4) is 0 Å². The zero-order chi connectivity index (χ0) is 15.1. The van der Waals surface area contributed by atoms with Gasteiger partial charge in [0.25, 0.3) is 0 Å². The molecule has 2 rings (SSSR count). The van der Waals surface area contributed by atoms with E-state index in [9.17, 15) is 4.79 Å². The predicted molar refractivity (Wildman–Crippen MR) is 88.8 cm³/mol. The Hall–Kier alpha value is -0.620. The second-order valence-electron chi connectivity index (χ2n) is 6.66. The minimum atomic E-state index is -0.191. The quantitative estimate of drug-likeness (QED) is 0.440. The Balaban J connectivity index is 2.15. The van der Waals surface area contributed by atoms with Gasteiger partial charge in [-0.1, -0.05) is 0 Å². The summed E-state index contributed by atoms with van der Waals surface area (Å²) in [7, 11) is 2.08. The molecule has 1 aromatic carbocycles. The summed E-state index contributed by atoms with van der Waals surface area (Å²) in [5.41, 5.74) is -0.178. The first kappa shape index (κ1) is 15.8. The number of ether oxygens (including phenoxy) is 1. The van der Waals surface area contributed by atoms with Crippen molar-refractivity contribution < 1.29 is 9.53 Å². The number of hydrogen-bond donors (Lipinski definition) is 0. The molecule has 0 spiro atoms. The fourth-order valence-corrected chi connectivity index (χ4v) is 3.32. The molecule has 1 atom stereocenters. The average Bonchev–Trinajstić information content (AvgIpc) is 2.53. The van der Waals surface area contributed by atoms with Crippen LogP contribution in [-0.4, -0.2) is 29.0 Å². The summed E-state index contributed by atoms with van der Waals surface area (Å²) in [6.45, 7) is 8.57. The molecule has 1 saturated heterocycles. The number of likely N-dealkylation sites (tertiary alicyclic amines) is 1. The maximum absolute atomic E-state index is 12.5. The van der Waals surface area contributed by atoms with Crippen molar-refractivity contribution in [3.05, 3.63) is 27.8 Å². The van der Waals surface area contributed by atoms with Gasteiger partial charge in [-0.3, -0.25) is 9.69 Å². The van der Waals surface area contributed by atoms with Crippen molar-refractivity contribution in [2.75, 3.05) is 7.05 Å². The molecule has 0 aromatic heterocycles. The van der Waals surface area contributed by atoms with E-state index in [0.29, 0.717) is 5.75 Å². The highest BCUT2D eigenvalue weighted by atomic mass is 127. The third kappa shape index (κ3) is 2.86. The lowest BCUT2D eigenvalue weighted by atomic mass is 9.87. The molecule has 1 fully saturated rings. The van der Waals surface area contributed by atoms with Gasteiger partial charge in [0.1, 0.15) is 5.75 Å². The van der Waals surface area contributed by atoms with Crippen molar-refractivity contribution in [1.29, 1.82) is 0 Å². The van der Waals surface area contributed by atoms with Gasteiger partial charge in [-0.25, -0.2) is 0 Å². The Morgan fingerprint density at radius 2 is 1.80 bits per heavy atom. The Bertz CT molecular complexity index is 508.